The third-order valence-electron chi connectivity index (χ3n) is 9.23. The van der Waals surface area contributed by atoms with Crippen molar-refractivity contribution in [2.24, 2.45) is 0 Å². The Bertz CT molecular complexity index is 1040. The van der Waals surface area contributed by atoms with E-state index < -0.39 is 26.5 Å². The van der Waals surface area contributed by atoms with Gasteiger partial charge in [-0.1, -0.05) is 152 Å². The number of carbonyl (C=O) groups is 2. The number of rotatable bonds is 41. The van der Waals surface area contributed by atoms with Crippen LogP contribution in [0.4, 0.5) is 0 Å². The van der Waals surface area contributed by atoms with Gasteiger partial charge in [-0.25, -0.2) is 4.57 Å². The zero-order chi connectivity index (χ0) is 40.3. The first kappa shape index (κ1) is 53.0. The Hall–Kier alpha value is -2.03. The molecule has 0 radical (unpaired) electrons. The molecule has 0 heterocycles. The molecule has 0 rings (SSSR count). The molecule has 0 fully saturated rings. The summed E-state index contributed by atoms with van der Waals surface area (Å²) in [6, 6.07) is 0. The average molecular weight is 796 g/mol. The summed E-state index contributed by atoms with van der Waals surface area (Å²) in [5.74, 6) is -0.535. The number of unbranched alkanes of at least 4 members (excludes halogenated alkanes) is 20. The second-order valence-corrected chi connectivity index (χ2v) is 16.1. The summed E-state index contributed by atoms with van der Waals surface area (Å²) >= 11 is 0. The van der Waals surface area contributed by atoms with Crippen LogP contribution in [0.5, 0.6) is 0 Å². The van der Waals surface area contributed by atoms with Crippen LogP contribution in [0.1, 0.15) is 194 Å². The number of esters is 1. The van der Waals surface area contributed by atoms with Gasteiger partial charge in [0.2, 0.25) is 5.91 Å². The zero-order valence-corrected chi connectivity index (χ0v) is 36.0. The van der Waals surface area contributed by atoms with Crippen LogP contribution in [0.15, 0.2) is 48.6 Å². The van der Waals surface area contributed by atoms with Crippen LogP contribution in [-0.4, -0.2) is 54.3 Å². The Balaban J connectivity index is 3.62. The summed E-state index contributed by atoms with van der Waals surface area (Å²) in [6.07, 6.45) is 47.5. The van der Waals surface area contributed by atoms with Crippen LogP contribution in [0, 0.1) is 0 Å². The predicted molar refractivity (Wildman–Crippen MR) is 229 cm³/mol. The molecule has 55 heavy (non-hydrogen) atoms. The van der Waals surface area contributed by atoms with Crippen molar-refractivity contribution in [3.63, 3.8) is 0 Å². The number of ether oxygens (including phenoxy) is 1. The number of phosphoric acid groups is 1. The molecule has 0 saturated heterocycles. The quantitative estimate of drug-likeness (QED) is 0.0241. The lowest BCUT2D eigenvalue weighted by Crippen LogP contribution is -2.27. The van der Waals surface area contributed by atoms with Gasteiger partial charge in [-0.3, -0.25) is 18.6 Å². The van der Waals surface area contributed by atoms with E-state index in [1.807, 2.05) is 0 Å². The van der Waals surface area contributed by atoms with Crippen LogP contribution < -0.4 is 5.32 Å². The molecule has 0 spiro atoms. The Morgan fingerprint density at radius 3 is 1.45 bits per heavy atom. The third kappa shape index (κ3) is 42.9. The molecule has 0 saturated carbocycles. The van der Waals surface area contributed by atoms with Crippen molar-refractivity contribution in [2.75, 3.05) is 26.4 Å². The van der Waals surface area contributed by atoms with Crippen LogP contribution in [0.3, 0.4) is 0 Å². The molecule has 2 atom stereocenters. The highest BCUT2D eigenvalue weighted by Gasteiger charge is 2.23. The molecule has 0 bridgehead atoms. The predicted octanol–water partition coefficient (Wildman–Crippen LogP) is 12.3. The van der Waals surface area contributed by atoms with Gasteiger partial charge in [0.25, 0.3) is 0 Å². The van der Waals surface area contributed by atoms with Crippen molar-refractivity contribution in [1.82, 2.24) is 5.32 Å². The molecule has 0 aromatic heterocycles. The van der Waals surface area contributed by atoms with Crippen LogP contribution in [-0.2, 0) is 27.9 Å². The van der Waals surface area contributed by atoms with E-state index in [0.29, 0.717) is 6.42 Å². The highest BCUT2D eigenvalue weighted by atomic mass is 31.2. The van der Waals surface area contributed by atoms with Crippen LogP contribution in [0.25, 0.3) is 0 Å². The number of nitrogens with one attached hydrogen (secondary N) is 1. The molecule has 320 valence electrons. The second-order valence-electron chi connectivity index (χ2n) is 14.7. The molecule has 0 aromatic rings. The Morgan fingerprint density at radius 2 is 0.982 bits per heavy atom. The van der Waals surface area contributed by atoms with Gasteiger partial charge in [-0.15, -0.1) is 0 Å². The fourth-order valence-corrected chi connectivity index (χ4v) is 6.61. The third-order valence-corrected chi connectivity index (χ3v) is 10.2. The number of amides is 1. The molecule has 10 heteroatoms. The van der Waals surface area contributed by atoms with Gasteiger partial charge >= 0.3 is 13.8 Å². The van der Waals surface area contributed by atoms with Gasteiger partial charge < -0.3 is 20.1 Å². The van der Waals surface area contributed by atoms with Gasteiger partial charge in [0.1, 0.15) is 12.7 Å². The minimum absolute atomic E-state index is 0.0725. The Kier molecular flexibility index (Phi) is 40.1. The minimum Gasteiger partial charge on any atom is -0.463 e. The molecule has 2 unspecified atom stereocenters. The smallest absolute Gasteiger partial charge is 0.463 e. The summed E-state index contributed by atoms with van der Waals surface area (Å²) < 4.78 is 26.9. The van der Waals surface area contributed by atoms with Gasteiger partial charge in [-0.2, -0.15) is 0 Å². The number of aliphatic hydroxyl groups is 1. The highest BCUT2D eigenvalue weighted by Crippen LogP contribution is 2.42. The van der Waals surface area contributed by atoms with Crippen LogP contribution in [0.2, 0.25) is 0 Å². The standard InChI is InChI=1S/C45H82NO8P/c1-3-5-7-9-11-13-15-17-19-20-21-22-24-26-28-30-32-34-36-38-45(49)52-41-43(47)42-54-55(50,51)53-40-39-46-44(48)37-35-33-31-29-27-25-23-18-16-14-12-10-8-6-4-2/h11-14,17-19,23,43,47H,3-10,15-16,20-22,24-42H2,1-2H3,(H,46,48)(H,50,51)/b13-11-,14-12-,19-17-,23-18-. The second kappa shape index (κ2) is 41.6. The summed E-state index contributed by atoms with van der Waals surface area (Å²) in [5.41, 5.74) is 0. The highest BCUT2D eigenvalue weighted by molar-refractivity contribution is 7.47. The van der Waals surface area contributed by atoms with Gasteiger partial charge in [0.15, 0.2) is 0 Å². The number of aliphatic hydroxyl groups excluding tert-OH is 1. The fourth-order valence-electron chi connectivity index (χ4n) is 5.85. The van der Waals surface area contributed by atoms with Crippen LogP contribution >= 0.6 is 7.82 Å². The molecule has 0 aliphatic rings. The number of phosphoric ester groups is 1. The normalized spacial score (nSPS) is 13.7. The molecule has 0 aromatic carbocycles. The molecule has 0 aliphatic carbocycles. The van der Waals surface area contributed by atoms with Crippen molar-refractivity contribution in [2.45, 2.75) is 200 Å². The first-order chi connectivity index (χ1) is 26.8. The van der Waals surface area contributed by atoms with Gasteiger partial charge in [0.05, 0.1) is 13.2 Å². The topological polar surface area (TPSA) is 131 Å². The van der Waals surface area contributed by atoms with Gasteiger partial charge in [0, 0.05) is 19.4 Å². The molecule has 3 N–H and O–H groups in total. The number of allylic oxidation sites excluding steroid dienone is 8. The van der Waals surface area contributed by atoms with E-state index >= 15 is 0 Å². The average Bonchev–Trinajstić information content (AvgIpc) is 3.17. The van der Waals surface area contributed by atoms with E-state index in [1.165, 1.54) is 96.3 Å². The lowest BCUT2D eigenvalue weighted by molar-refractivity contribution is -0.147. The first-order valence-corrected chi connectivity index (χ1v) is 23.6. The van der Waals surface area contributed by atoms with Crippen molar-refractivity contribution in [1.29, 1.82) is 0 Å². The van der Waals surface area contributed by atoms with E-state index in [1.54, 1.807) is 0 Å². The molecule has 0 aliphatic heterocycles. The molecule has 1 amide bonds. The number of hydrogen-bond donors (Lipinski definition) is 3. The fraction of sp³-hybridized carbons (Fsp3) is 0.778. The monoisotopic (exact) mass is 796 g/mol. The molecular formula is C45H82NO8P. The Labute approximate surface area is 336 Å². The molecular weight excluding hydrogens is 713 g/mol. The van der Waals surface area contributed by atoms with E-state index in [-0.39, 0.29) is 32.1 Å². The van der Waals surface area contributed by atoms with E-state index in [4.69, 9.17) is 13.8 Å². The summed E-state index contributed by atoms with van der Waals surface area (Å²) in [4.78, 5) is 33.9. The maximum atomic E-state index is 12.1. The maximum Gasteiger partial charge on any atom is 0.472 e. The maximum absolute atomic E-state index is 12.1. The largest absolute Gasteiger partial charge is 0.472 e. The van der Waals surface area contributed by atoms with Crippen molar-refractivity contribution >= 4 is 19.7 Å². The van der Waals surface area contributed by atoms with Crippen molar-refractivity contribution in [3.05, 3.63) is 48.6 Å². The van der Waals surface area contributed by atoms with Crippen molar-refractivity contribution in [3.8, 4) is 0 Å². The Morgan fingerprint density at radius 1 is 0.564 bits per heavy atom. The van der Waals surface area contributed by atoms with Crippen molar-refractivity contribution < 1.29 is 37.9 Å². The number of hydrogen-bond acceptors (Lipinski definition) is 7. The van der Waals surface area contributed by atoms with Gasteiger partial charge in [-0.05, 0) is 77.0 Å². The zero-order valence-electron chi connectivity index (χ0n) is 35.1. The summed E-state index contributed by atoms with van der Waals surface area (Å²) in [6.45, 7) is 3.48. The summed E-state index contributed by atoms with van der Waals surface area (Å²) in [5, 5.41) is 12.7. The van der Waals surface area contributed by atoms with E-state index in [2.05, 4.69) is 67.8 Å². The lowest BCUT2D eigenvalue weighted by Gasteiger charge is -2.15. The summed E-state index contributed by atoms with van der Waals surface area (Å²) in [7, 11) is -4.42. The number of carbonyl (C=O) groups excluding carboxylic acids is 2. The van der Waals surface area contributed by atoms with E-state index in [0.717, 1.165) is 70.6 Å². The SMILES string of the molecule is CCCCC/C=C\C/C=C\CCCCCCCCCCCC(=O)OCC(O)COP(=O)(O)OCCNC(=O)CCCCCCC/C=C\C/C=C\CCCCC. The first-order valence-electron chi connectivity index (χ1n) is 22.1. The van der Waals surface area contributed by atoms with E-state index in [9.17, 15) is 24.2 Å². The molecule has 9 nitrogen and oxygen atoms in total. The minimum atomic E-state index is -4.42. The lowest BCUT2D eigenvalue weighted by atomic mass is 10.1.